The zero-order chi connectivity index (χ0) is 21.8. The van der Waals surface area contributed by atoms with Gasteiger partial charge < -0.3 is 14.8 Å². The molecule has 2 aromatic rings. The average molecular weight is 421 g/mol. The molecule has 0 radical (unpaired) electrons. The van der Waals surface area contributed by atoms with Crippen molar-refractivity contribution in [3.8, 4) is 11.5 Å². The largest absolute Gasteiger partial charge is 0.497 e. The number of hydrogen-bond acceptors (Lipinski definition) is 5. The zero-order valence-corrected chi connectivity index (χ0v) is 18.5. The molecule has 0 fully saturated rings. The van der Waals surface area contributed by atoms with E-state index in [4.69, 9.17) is 9.47 Å². The SMILES string of the molecule is COc1ccc(OC)c(C(C)NC(=O)CN(c2ccc(C)c(C)c2)S(C)(=O)=O)c1. The van der Waals surface area contributed by atoms with Crippen molar-refractivity contribution in [2.24, 2.45) is 0 Å². The number of benzene rings is 2. The molecule has 0 saturated heterocycles. The third-order valence-corrected chi connectivity index (χ3v) is 5.89. The Balaban J connectivity index is 2.23. The Morgan fingerprint density at radius 2 is 1.76 bits per heavy atom. The van der Waals surface area contributed by atoms with Gasteiger partial charge in [-0.05, 0) is 62.2 Å². The number of ether oxygens (including phenoxy) is 2. The van der Waals surface area contributed by atoms with Gasteiger partial charge in [0.1, 0.15) is 18.0 Å². The maximum Gasteiger partial charge on any atom is 0.241 e. The number of hydrogen-bond donors (Lipinski definition) is 1. The van der Waals surface area contributed by atoms with Crippen molar-refractivity contribution in [2.45, 2.75) is 26.8 Å². The number of anilines is 1. The van der Waals surface area contributed by atoms with Crippen LogP contribution in [0, 0.1) is 13.8 Å². The molecule has 2 rings (SSSR count). The highest BCUT2D eigenvalue weighted by molar-refractivity contribution is 7.92. The molecule has 7 nitrogen and oxygen atoms in total. The minimum absolute atomic E-state index is 0.321. The second-order valence-corrected chi connectivity index (χ2v) is 8.84. The van der Waals surface area contributed by atoms with Gasteiger partial charge >= 0.3 is 0 Å². The quantitative estimate of drug-likeness (QED) is 0.710. The molecule has 0 aliphatic rings. The summed E-state index contributed by atoms with van der Waals surface area (Å²) in [6.45, 7) is 5.32. The van der Waals surface area contributed by atoms with Gasteiger partial charge in [0.05, 0.1) is 32.2 Å². The molecule has 29 heavy (non-hydrogen) atoms. The van der Waals surface area contributed by atoms with Crippen LogP contribution in [0.3, 0.4) is 0 Å². The lowest BCUT2D eigenvalue weighted by Crippen LogP contribution is -2.41. The predicted molar refractivity (Wildman–Crippen MR) is 114 cm³/mol. The average Bonchev–Trinajstić information content (AvgIpc) is 2.66. The Morgan fingerprint density at radius 1 is 1.07 bits per heavy atom. The number of carbonyl (C=O) groups excluding carboxylic acids is 1. The van der Waals surface area contributed by atoms with Crippen LogP contribution in [0.15, 0.2) is 36.4 Å². The van der Waals surface area contributed by atoms with Crippen molar-refractivity contribution in [1.29, 1.82) is 0 Å². The van der Waals surface area contributed by atoms with Gasteiger partial charge in [0.15, 0.2) is 0 Å². The van der Waals surface area contributed by atoms with Crippen LogP contribution in [0.4, 0.5) is 5.69 Å². The van der Waals surface area contributed by atoms with Gasteiger partial charge in [-0.2, -0.15) is 0 Å². The molecule has 2 aromatic carbocycles. The number of sulfonamides is 1. The van der Waals surface area contributed by atoms with E-state index >= 15 is 0 Å². The summed E-state index contributed by atoms with van der Waals surface area (Å²) in [6, 6.07) is 10.2. The standard InChI is InChI=1S/C21H28N2O5S/c1-14-7-8-17(11-15(14)2)23(29(6,25)26)13-21(24)22-16(3)19-12-18(27-4)9-10-20(19)28-5/h7-12,16H,13H2,1-6H3,(H,22,24). The van der Waals surface area contributed by atoms with Crippen molar-refractivity contribution in [2.75, 3.05) is 31.3 Å². The molecule has 0 saturated carbocycles. The maximum absolute atomic E-state index is 12.7. The van der Waals surface area contributed by atoms with Gasteiger partial charge in [-0.15, -0.1) is 0 Å². The Bertz CT molecular complexity index is 989. The first kappa shape index (κ1) is 22.5. The molecule has 0 spiro atoms. The molecular weight excluding hydrogens is 392 g/mol. The van der Waals surface area contributed by atoms with E-state index in [9.17, 15) is 13.2 Å². The van der Waals surface area contributed by atoms with Crippen molar-refractivity contribution in [3.05, 3.63) is 53.1 Å². The summed E-state index contributed by atoms with van der Waals surface area (Å²) in [5.74, 6) is 0.813. The molecule has 8 heteroatoms. The second kappa shape index (κ2) is 9.17. The van der Waals surface area contributed by atoms with Gasteiger partial charge in [-0.1, -0.05) is 6.07 Å². The molecule has 0 aromatic heterocycles. The second-order valence-electron chi connectivity index (χ2n) is 6.94. The number of nitrogens with one attached hydrogen (secondary N) is 1. The molecule has 1 amide bonds. The summed E-state index contributed by atoms with van der Waals surface area (Å²) in [6.07, 6.45) is 1.09. The number of aryl methyl sites for hydroxylation is 2. The van der Waals surface area contributed by atoms with Crippen LogP contribution in [0.5, 0.6) is 11.5 Å². The normalized spacial score (nSPS) is 12.2. The smallest absolute Gasteiger partial charge is 0.241 e. The third-order valence-electron chi connectivity index (χ3n) is 4.75. The maximum atomic E-state index is 12.7. The molecule has 1 atom stereocenters. The molecule has 1 N–H and O–H groups in total. The molecule has 0 bridgehead atoms. The van der Waals surface area contributed by atoms with E-state index in [0.29, 0.717) is 17.2 Å². The highest BCUT2D eigenvalue weighted by atomic mass is 32.2. The molecule has 1 unspecified atom stereocenters. The Hall–Kier alpha value is -2.74. The van der Waals surface area contributed by atoms with Crippen LogP contribution in [-0.2, 0) is 14.8 Å². The number of nitrogens with zero attached hydrogens (tertiary/aromatic N) is 1. The van der Waals surface area contributed by atoms with Crippen LogP contribution in [0.25, 0.3) is 0 Å². The third kappa shape index (κ3) is 5.63. The van der Waals surface area contributed by atoms with Crippen LogP contribution in [0.1, 0.15) is 29.7 Å². The molecule has 0 heterocycles. The Labute approximate surface area is 172 Å². The van der Waals surface area contributed by atoms with Gasteiger partial charge in [0, 0.05) is 5.56 Å². The molecule has 0 aliphatic carbocycles. The van der Waals surface area contributed by atoms with E-state index in [-0.39, 0.29) is 6.54 Å². The summed E-state index contributed by atoms with van der Waals surface area (Å²) in [7, 11) is -0.534. The lowest BCUT2D eigenvalue weighted by atomic mass is 10.1. The van der Waals surface area contributed by atoms with Crippen LogP contribution >= 0.6 is 0 Å². The van der Waals surface area contributed by atoms with Gasteiger partial charge in [-0.25, -0.2) is 8.42 Å². The fourth-order valence-corrected chi connectivity index (χ4v) is 3.80. The van der Waals surface area contributed by atoms with Crippen LogP contribution in [0.2, 0.25) is 0 Å². The van der Waals surface area contributed by atoms with E-state index < -0.39 is 22.0 Å². The lowest BCUT2D eigenvalue weighted by Gasteiger charge is -2.24. The predicted octanol–water partition coefficient (Wildman–Crippen LogP) is 2.96. The molecule has 158 valence electrons. The minimum Gasteiger partial charge on any atom is -0.497 e. The molecule has 0 aliphatic heterocycles. The van der Waals surface area contributed by atoms with Crippen molar-refractivity contribution < 1.29 is 22.7 Å². The number of carbonyl (C=O) groups is 1. The van der Waals surface area contributed by atoms with Crippen LogP contribution in [-0.4, -0.2) is 41.3 Å². The first-order valence-corrected chi connectivity index (χ1v) is 11.0. The zero-order valence-electron chi connectivity index (χ0n) is 17.6. The van der Waals surface area contributed by atoms with Crippen molar-refractivity contribution in [3.63, 3.8) is 0 Å². The number of amides is 1. The fourth-order valence-electron chi connectivity index (χ4n) is 2.95. The van der Waals surface area contributed by atoms with E-state index in [1.54, 1.807) is 51.5 Å². The minimum atomic E-state index is -3.64. The first-order chi connectivity index (χ1) is 13.6. The summed E-state index contributed by atoms with van der Waals surface area (Å²) in [5, 5.41) is 2.84. The lowest BCUT2D eigenvalue weighted by molar-refractivity contribution is -0.120. The van der Waals surface area contributed by atoms with E-state index in [1.807, 2.05) is 19.9 Å². The van der Waals surface area contributed by atoms with E-state index in [0.717, 1.165) is 27.3 Å². The van der Waals surface area contributed by atoms with E-state index in [2.05, 4.69) is 5.32 Å². The Kier molecular flexibility index (Phi) is 7.13. The van der Waals surface area contributed by atoms with Crippen LogP contribution < -0.4 is 19.1 Å². The topological polar surface area (TPSA) is 84.9 Å². The summed E-state index contributed by atoms with van der Waals surface area (Å²) >= 11 is 0. The summed E-state index contributed by atoms with van der Waals surface area (Å²) in [5.41, 5.74) is 3.19. The van der Waals surface area contributed by atoms with E-state index in [1.165, 1.54) is 0 Å². The summed E-state index contributed by atoms with van der Waals surface area (Å²) in [4.78, 5) is 12.7. The van der Waals surface area contributed by atoms with Crippen molar-refractivity contribution in [1.82, 2.24) is 5.32 Å². The van der Waals surface area contributed by atoms with Crippen molar-refractivity contribution >= 4 is 21.6 Å². The highest BCUT2D eigenvalue weighted by Gasteiger charge is 2.23. The fraction of sp³-hybridized carbons (Fsp3) is 0.381. The molecular formula is C21H28N2O5S. The van der Waals surface area contributed by atoms with Gasteiger partial charge in [0.25, 0.3) is 0 Å². The summed E-state index contributed by atoms with van der Waals surface area (Å²) < 4.78 is 36.3. The van der Waals surface area contributed by atoms with Gasteiger partial charge in [-0.3, -0.25) is 9.10 Å². The van der Waals surface area contributed by atoms with Gasteiger partial charge in [0.2, 0.25) is 15.9 Å². The first-order valence-electron chi connectivity index (χ1n) is 9.13. The Morgan fingerprint density at radius 3 is 2.31 bits per heavy atom. The number of rotatable bonds is 8. The highest BCUT2D eigenvalue weighted by Crippen LogP contribution is 2.29. The number of methoxy groups -OCH3 is 2. The monoisotopic (exact) mass is 420 g/mol.